The van der Waals surface area contributed by atoms with Crippen LogP contribution in [0.25, 0.3) is 5.69 Å². The van der Waals surface area contributed by atoms with Crippen molar-refractivity contribution < 1.29 is 0 Å². The monoisotopic (exact) mass is 245 g/mol. The van der Waals surface area contributed by atoms with Crippen LogP contribution in [0.1, 0.15) is 32.0 Å². The minimum Gasteiger partial charge on any atom is -0.393 e. The number of nitrogen functional groups attached to an aromatic ring is 1. The summed E-state index contributed by atoms with van der Waals surface area (Å²) in [6.45, 7) is 8.04. The third-order valence-corrected chi connectivity index (χ3v) is 3.03. The number of nitrogens with one attached hydrogen (secondary N) is 1. The summed E-state index contributed by atoms with van der Waals surface area (Å²) < 4.78 is 1.52. The molecule has 0 aliphatic rings. The third kappa shape index (κ3) is 1.94. The zero-order valence-electron chi connectivity index (χ0n) is 11.2. The van der Waals surface area contributed by atoms with E-state index in [1.54, 1.807) is 0 Å². The van der Waals surface area contributed by atoms with Crippen molar-refractivity contribution in [2.24, 2.45) is 0 Å². The van der Waals surface area contributed by atoms with Crippen molar-refractivity contribution in [1.29, 1.82) is 0 Å². The lowest BCUT2D eigenvalue weighted by atomic mass is 9.91. The summed E-state index contributed by atoms with van der Waals surface area (Å²) in [6, 6.07) is 7.72. The van der Waals surface area contributed by atoms with Crippen molar-refractivity contribution in [1.82, 2.24) is 9.78 Å². The summed E-state index contributed by atoms with van der Waals surface area (Å²) in [4.78, 5) is 12.2. The van der Waals surface area contributed by atoms with Crippen molar-refractivity contribution in [2.75, 3.05) is 5.73 Å². The van der Waals surface area contributed by atoms with Crippen molar-refractivity contribution in [3.63, 3.8) is 0 Å². The minimum absolute atomic E-state index is 0.183. The Balaban J connectivity index is 2.69. The Labute approximate surface area is 106 Å². The molecule has 0 saturated carbocycles. The van der Waals surface area contributed by atoms with Crippen LogP contribution in [0.3, 0.4) is 0 Å². The molecule has 1 aromatic heterocycles. The Morgan fingerprint density at radius 2 is 1.83 bits per heavy atom. The molecule has 3 N–H and O–H groups in total. The van der Waals surface area contributed by atoms with Crippen LogP contribution in [-0.2, 0) is 5.41 Å². The maximum absolute atomic E-state index is 12.2. The molecule has 0 bridgehead atoms. The minimum atomic E-state index is -0.186. The lowest BCUT2D eigenvalue weighted by molar-refractivity contribution is 0.561. The highest BCUT2D eigenvalue weighted by molar-refractivity contribution is 5.49. The van der Waals surface area contributed by atoms with Crippen molar-refractivity contribution >= 4 is 5.69 Å². The highest BCUT2D eigenvalue weighted by Gasteiger charge is 2.23. The number of para-hydroxylation sites is 1. The molecule has 0 aliphatic heterocycles. The summed E-state index contributed by atoms with van der Waals surface area (Å²) >= 11 is 0. The van der Waals surface area contributed by atoms with Gasteiger partial charge < -0.3 is 5.73 Å². The number of hydrogen-bond acceptors (Lipinski definition) is 2. The summed E-state index contributed by atoms with van der Waals surface area (Å²) in [6.07, 6.45) is 0. The number of nitrogens with zero attached hydrogens (tertiary/aromatic N) is 1. The molecule has 18 heavy (non-hydrogen) atoms. The molecule has 0 aliphatic carbocycles. The topological polar surface area (TPSA) is 63.8 Å². The van der Waals surface area contributed by atoms with Crippen molar-refractivity contribution in [2.45, 2.75) is 33.1 Å². The van der Waals surface area contributed by atoms with Crippen LogP contribution in [0.15, 0.2) is 29.1 Å². The van der Waals surface area contributed by atoms with Gasteiger partial charge in [0.1, 0.15) is 5.69 Å². The first-order valence-corrected chi connectivity index (χ1v) is 5.99. The smallest absolute Gasteiger partial charge is 0.294 e. The van der Waals surface area contributed by atoms with E-state index in [2.05, 4.69) is 5.10 Å². The van der Waals surface area contributed by atoms with E-state index in [0.717, 1.165) is 16.9 Å². The van der Waals surface area contributed by atoms with E-state index in [1.165, 1.54) is 4.68 Å². The second-order valence-corrected chi connectivity index (χ2v) is 5.58. The number of aromatic nitrogens is 2. The molecule has 4 nitrogen and oxygen atoms in total. The molecule has 1 aromatic carbocycles. The van der Waals surface area contributed by atoms with E-state index < -0.39 is 0 Å². The molecule has 2 rings (SSSR count). The number of benzene rings is 1. The number of rotatable bonds is 1. The number of anilines is 1. The molecular formula is C14H19N3O. The Kier molecular flexibility index (Phi) is 2.81. The van der Waals surface area contributed by atoms with Gasteiger partial charge in [0, 0.05) is 5.41 Å². The van der Waals surface area contributed by atoms with E-state index >= 15 is 0 Å². The quantitative estimate of drug-likeness (QED) is 0.810. The molecule has 96 valence electrons. The molecule has 0 spiro atoms. The van der Waals surface area contributed by atoms with Crippen LogP contribution in [-0.4, -0.2) is 9.78 Å². The van der Waals surface area contributed by atoms with Crippen LogP contribution in [0.4, 0.5) is 5.69 Å². The first-order chi connectivity index (χ1) is 8.32. The summed E-state index contributed by atoms with van der Waals surface area (Å²) in [5.41, 5.74) is 8.48. The standard InChI is InChI=1S/C14H19N3O/c1-9-7-5-6-8-10(9)17-13(18)11(15)12(16-17)14(2,3)4/h5-8,16H,15H2,1-4H3. The molecule has 0 fully saturated rings. The number of H-pyrrole nitrogens is 1. The van der Waals surface area contributed by atoms with Gasteiger partial charge in [-0.05, 0) is 18.6 Å². The maximum atomic E-state index is 12.2. The van der Waals surface area contributed by atoms with E-state index in [1.807, 2.05) is 52.0 Å². The number of aryl methyl sites for hydroxylation is 1. The summed E-state index contributed by atoms with van der Waals surface area (Å²) in [5, 5.41) is 3.13. The average Bonchev–Trinajstić information content (AvgIpc) is 2.57. The second-order valence-electron chi connectivity index (χ2n) is 5.58. The lowest BCUT2D eigenvalue weighted by Gasteiger charge is -2.16. The van der Waals surface area contributed by atoms with Crippen LogP contribution >= 0.6 is 0 Å². The third-order valence-electron chi connectivity index (χ3n) is 3.03. The molecule has 0 saturated heterocycles. The van der Waals surface area contributed by atoms with Gasteiger partial charge in [-0.25, -0.2) is 4.68 Å². The van der Waals surface area contributed by atoms with E-state index in [-0.39, 0.29) is 11.0 Å². The van der Waals surface area contributed by atoms with Gasteiger partial charge in [-0.1, -0.05) is 39.0 Å². The molecule has 0 atom stereocenters. The zero-order chi connectivity index (χ0) is 13.5. The molecule has 0 amide bonds. The number of nitrogens with two attached hydrogens (primary N) is 1. The van der Waals surface area contributed by atoms with Gasteiger partial charge in [0.25, 0.3) is 5.56 Å². The summed E-state index contributed by atoms with van der Waals surface area (Å²) in [5.74, 6) is 0. The molecule has 0 radical (unpaired) electrons. The van der Waals surface area contributed by atoms with Gasteiger partial charge >= 0.3 is 0 Å². The molecule has 1 heterocycles. The predicted octanol–water partition coefficient (Wildman–Crippen LogP) is 2.35. The maximum Gasteiger partial charge on any atom is 0.294 e. The normalized spacial score (nSPS) is 11.8. The van der Waals surface area contributed by atoms with Crippen molar-refractivity contribution in [3.05, 3.63) is 45.9 Å². The van der Waals surface area contributed by atoms with Gasteiger partial charge in [-0.3, -0.25) is 9.89 Å². The largest absolute Gasteiger partial charge is 0.393 e. The number of hydrogen-bond donors (Lipinski definition) is 2. The molecular weight excluding hydrogens is 226 g/mol. The highest BCUT2D eigenvalue weighted by atomic mass is 16.1. The van der Waals surface area contributed by atoms with Crippen LogP contribution in [0.5, 0.6) is 0 Å². The zero-order valence-corrected chi connectivity index (χ0v) is 11.2. The van der Waals surface area contributed by atoms with Crippen LogP contribution in [0, 0.1) is 6.92 Å². The van der Waals surface area contributed by atoms with Crippen molar-refractivity contribution in [3.8, 4) is 5.69 Å². The first-order valence-electron chi connectivity index (χ1n) is 5.99. The van der Waals surface area contributed by atoms with Gasteiger partial charge in [-0.15, -0.1) is 0 Å². The Morgan fingerprint density at radius 1 is 1.22 bits per heavy atom. The Bertz CT molecular complexity index is 629. The lowest BCUT2D eigenvalue weighted by Crippen LogP contribution is -2.17. The number of aromatic amines is 1. The first kappa shape index (κ1) is 12.5. The second kappa shape index (κ2) is 4.05. The van der Waals surface area contributed by atoms with E-state index in [0.29, 0.717) is 5.69 Å². The fraction of sp³-hybridized carbons (Fsp3) is 0.357. The Hall–Kier alpha value is -1.97. The molecule has 2 aromatic rings. The fourth-order valence-corrected chi connectivity index (χ4v) is 2.01. The summed E-state index contributed by atoms with van der Waals surface area (Å²) in [7, 11) is 0. The predicted molar refractivity (Wildman–Crippen MR) is 74.2 cm³/mol. The SMILES string of the molecule is Cc1ccccc1-n1[nH]c(C(C)(C)C)c(N)c1=O. The Morgan fingerprint density at radius 3 is 2.33 bits per heavy atom. The van der Waals surface area contributed by atoms with Crippen LogP contribution < -0.4 is 11.3 Å². The van der Waals surface area contributed by atoms with E-state index in [4.69, 9.17) is 5.73 Å². The average molecular weight is 245 g/mol. The van der Waals surface area contributed by atoms with Gasteiger partial charge in [-0.2, -0.15) is 0 Å². The highest BCUT2D eigenvalue weighted by Crippen LogP contribution is 2.24. The van der Waals surface area contributed by atoms with Gasteiger partial charge in [0.2, 0.25) is 0 Å². The van der Waals surface area contributed by atoms with Gasteiger partial charge in [0.05, 0.1) is 11.4 Å². The van der Waals surface area contributed by atoms with Gasteiger partial charge in [0.15, 0.2) is 0 Å². The van der Waals surface area contributed by atoms with Crippen LogP contribution in [0.2, 0.25) is 0 Å². The van der Waals surface area contributed by atoms with E-state index in [9.17, 15) is 4.79 Å². The molecule has 0 unspecified atom stereocenters. The molecule has 4 heteroatoms. The fourth-order valence-electron chi connectivity index (χ4n) is 2.01.